The molecule has 19 heavy (non-hydrogen) atoms. The lowest BCUT2D eigenvalue weighted by molar-refractivity contribution is -0.130. The number of hydrogen-bond donors (Lipinski definition) is 0. The highest BCUT2D eigenvalue weighted by Gasteiger charge is 2.21. The number of piperidine rings is 1. The molecule has 0 aromatic heterocycles. The number of likely N-dealkylation sites (tertiary alicyclic amines) is 1. The fraction of sp³-hybridized carbons (Fsp3) is 0.938. The fourth-order valence-electron chi connectivity index (χ4n) is 2.63. The van der Waals surface area contributed by atoms with Crippen molar-refractivity contribution in [3.63, 3.8) is 0 Å². The van der Waals surface area contributed by atoms with E-state index in [-0.39, 0.29) is 5.91 Å². The Kier molecular flexibility index (Phi) is 9.94. The molecule has 0 radical (unpaired) electrons. The van der Waals surface area contributed by atoms with Crippen molar-refractivity contribution in [2.24, 2.45) is 11.8 Å². The van der Waals surface area contributed by atoms with Gasteiger partial charge in [0.15, 0.2) is 0 Å². The molecule has 1 saturated heterocycles. The number of nitrogens with zero attached hydrogens (tertiary/aromatic N) is 2. The van der Waals surface area contributed by atoms with Gasteiger partial charge in [-0.15, -0.1) is 0 Å². The molecule has 0 aromatic rings. The van der Waals surface area contributed by atoms with E-state index in [2.05, 4.69) is 18.7 Å². The van der Waals surface area contributed by atoms with Crippen LogP contribution in [0.3, 0.4) is 0 Å². The highest BCUT2D eigenvalue weighted by atomic mass is 16.2. The molecule has 1 amide bonds. The second-order valence-electron chi connectivity index (χ2n) is 5.77. The van der Waals surface area contributed by atoms with Crippen molar-refractivity contribution in [2.75, 3.05) is 33.2 Å². The molecule has 0 spiro atoms. The van der Waals surface area contributed by atoms with Crippen molar-refractivity contribution in [3.8, 4) is 0 Å². The van der Waals surface area contributed by atoms with Crippen LogP contribution in [0.1, 0.15) is 53.9 Å². The topological polar surface area (TPSA) is 23.6 Å². The van der Waals surface area contributed by atoms with E-state index in [9.17, 15) is 4.79 Å². The Bertz CT molecular complexity index is 233. The minimum Gasteiger partial charge on any atom is -0.345 e. The van der Waals surface area contributed by atoms with E-state index in [0.717, 1.165) is 12.5 Å². The predicted octanol–water partition coefficient (Wildman–Crippen LogP) is 3.25. The van der Waals surface area contributed by atoms with E-state index in [0.29, 0.717) is 12.3 Å². The fourth-order valence-corrected chi connectivity index (χ4v) is 2.63. The van der Waals surface area contributed by atoms with Crippen LogP contribution in [0.2, 0.25) is 0 Å². The van der Waals surface area contributed by atoms with E-state index in [1.165, 1.54) is 32.5 Å². The first-order valence-electron chi connectivity index (χ1n) is 7.99. The van der Waals surface area contributed by atoms with Crippen molar-refractivity contribution in [1.82, 2.24) is 9.80 Å². The average Bonchev–Trinajstić information content (AvgIpc) is 2.41. The summed E-state index contributed by atoms with van der Waals surface area (Å²) in [4.78, 5) is 16.0. The second kappa shape index (κ2) is 10.2. The maximum Gasteiger partial charge on any atom is 0.222 e. The minimum atomic E-state index is 0.273. The van der Waals surface area contributed by atoms with Crippen LogP contribution in [-0.2, 0) is 4.79 Å². The van der Waals surface area contributed by atoms with Crippen molar-refractivity contribution in [1.29, 1.82) is 0 Å². The Morgan fingerprint density at radius 2 is 1.79 bits per heavy atom. The summed E-state index contributed by atoms with van der Waals surface area (Å²) in [5.74, 6) is 1.74. The normalized spacial score (nSPS) is 17.0. The first-order valence-corrected chi connectivity index (χ1v) is 7.99. The molecule has 3 heteroatoms. The molecule has 1 rings (SSSR count). The Hall–Kier alpha value is -0.570. The monoisotopic (exact) mass is 270 g/mol. The van der Waals surface area contributed by atoms with Gasteiger partial charge in [0.25, 0.3) is 0 Å². The highest BCUT2D eigenvalue weighted by molar-refractivity contribution is 5.75. The summed E-state index contributed by atoms with van der Waals surface area (Å²) in [7, 11) is 1.94. The van der Waals surface area contributed by atoms with E-state index in [4.69, 9.17) is 0 Å². The summed E-state index contributed by atoms with van der Waals surface area (Å²) in [5.41, 5.74) is 0. The van der Waals surface area contributed by atoms with Crippen LogP contribution >= 0.6 is 0 Å². The molecule has 1 aliphatic heterocycles. The Morgan fingerprint density at radius 1 is 1.26 bits per heavy atom. The first kappa shape index (κ1) is 18.4. The van der Waals surface area contributed by atoms with Crippen LogP contribution in [0.25, 0.3) is 0 Å². The molecule has 114 valence electrons. The smallest absolute Gasteiger partial charge is 0.222 e. The van der Waals surface area contributed by atoms with E-state index >= 15 is 0 Å². The summed E-state index contributed by atoms with van der Waals surface area (Å²) in [6, 6.07) is 0. The molecule has 1 fully saturated rings. The number of carbonyl (C=O) groups excluding carboxylic acids is 1. The summed E-state index contributed by atoms with van der Waals surface area (Å²) in [5, 5.41) is 0. The molecule has 0 aliphatic carbocycles. The third kappa shape index (κ3) is 7.56. The third-order valence-electron chi connectivity index (χ3n) is 3.59. The number of carbonyl (C=O) groups is 1. The SMILES string of the molecule is CC.CCC(=O)N(C)CC1CCN(CC(C)C)CC1. The summed E-state index contributed by atoms with van der Waals surface area (Å²) >= 11 is 0. The molecule has 0 unspecified atom stereocenters. The van der Waals surface area contributed by atoms with Crippen LogP contribution in [0.4, 0.5) is 0 Å². The molecule has 0 atom stereocenters. The quantitative estimate of drug-likeness (QED) is 0.765. The maximum atomic E-state index is 11.5. The largest absolute Gasteiger partial charge is 0.345 e. The molecular weight excluding hydrogens is 236 g/mol. The van der Waals surface area contributed by atoms with E-state index < -0.39 is 0 Å². The van der Waals surface area contributed by atoms with Gasteiger partial charge in [0.05, 0.1) is 0 Å². The van der Waals surface area contributed by atoms with Gasteiger partial charge in [-0.2, -0.15) is 0 Å². The third-order valence-corrected chi connectivity index (χ3v) is 3.59. The van der Waals surface area contributed by atoms with Crippen molar-refractivity contribution in [2.45, 2.75) is 53.9 Å². The number of hydrogen-bond acceptors (Lipinski definition) is 2. The molecule has 0 bridgehead atoms. The van der Waals surface area contributed by atoms with Gasteiger partial charge in [0.2, 0.25) is 5.91 Å². The number of rotatable bonds is 5. The minimum absolute atomic E-state index is 0.273. The molecule has 1 aliphatic rings. The zero-order valence-electron chi connectivity index (χ0n) is 13.9. The molecule has 0 aromatic carbocycles. The molecule has 0 saturated carbocycles. The zero-order chi connectivity index (χ0) is 14.8. The van der Waals surface area contributed by atoms with Gasteiger partial charge >= 0.3 is 0 Å². The lowest BCUT2D eigenvalue weighted by Gasteiger charge is -2.34. The summed E-state index contributed by atoms with van der Waals surface area (Å²) < 4.78 is 0. The Morgan fingerprint density at radius 3 is 2.21 bits per heavy atom. The predicted molar refractivity (Wildman–Crippen MR) is 83.3 cm³/mol. The van der Waals surface area contributed by atoms with Gasteiger partial charge < -0.3 is 9.80 Å². The van der Waals surface area contributed by atoms with Crippen LogP contribution in [0, 0.1) is 11.8 Å². The van der Waals surface area contributed by atoms with Crippen molar-refractivity contribution >= 4 is 5.91 Å². The van der Waals surface area contributed by atoms with Crippen molar-refractivity contribution < 1.29 is 4.79 Å². The molecule has 3 nitrogen and oxygen atoms in total. The standard InChI is InChI=1S/C14H28N2O.C2H6/c1-5-14(17)15(4)11-13-6-8-16(9-7-13)10-12(2)3;1-2/h12-13H,5-11H2,1-4H3;1-2H3. The van der Waals surface area contributed by atoms with Crippen LogP contribution < -0.4 is 0 Å². The lowest BCUT2D eigenvalue weighted by Crippen LogP contribution is -2.40. The molecule has 1 heterocycles. The van der Waals surface area contributed by atoms with Gasteiger partial charge in [-0.1, -0.05) is 34.6 Å². The van der Waals surface area contributed by atoms with Gasteiger partial charge in [-0.25, -0.2) is 0 Å². The Labute approximate surface area is 120 Å². The number of amides is 1. The summed E-state index contributed by atoms with van der Waals surface area (Å²) in [6.07, 6.45) is 3.12. The van der Waals surface area contributed by atoms with E-state index in [1.54, 1.807) is 0 Å². The van der Waals surface area contributed by atoms with E-state index in [1.807, 2.05) is 32.7 Å². The molecular formula is C16H34N2O. The average molecular weight is 270 g/mol. The van der Waals surface area contributed by atoms with Gasteiger partial charge in [0, 0.05) is 26.6 Å². The zero-order valence-corrected chi connectivity index (χ0v) is 13.9. The van der Waals surface area contributed by atoms with Crippen molar-refractivity contribution in [3.05, 3.63) is 0 Å². The second-order valence-corrected chi connectivity index (χ2v) is 5.77. The maximum absolute atomic E-state index is 11.5. The van der Waals surface area contributed by atoms with Crippen LogP contribution in [0.5, 0.6) is 0 Å². The van der Waals surface area contributed by atoms with Crippen LogP contribution in [-0.4, -0.2) is 48.9 Å². The summed E-state index contributed by atoms with van der Waals surface area (Å²) in [6.45, 7) is 15.1. The molecule has 0 N–H and O–H groups in total. The van der Waals surface area contributed by atoms with Crippen LogP contribution in [0.15, 0.2) is 0 Å². The highest BCUT2D eigenvalue weighted by Crippen LogP contribution is 2.19. The van der Waals surface area contributed by atoms with Gasteiger partial charge in [-0.05, 0) is 37.8 Å². The van der Waals surface area contributed by atoms with Gasteiger partial charge in [-0.3, -0.25) is 4.79 Å². The lowest BCUT2D eigenvalue weighted by atomic mass is 9.95. The van der Waals surface area contributed by atoms with Gasteiger partial charge in [0.1, 0.15) is 0 Å². The Balaban J connectivity index is 0.00000154. The first-order chi connectivity index (χ1) is 9.02.